The first-order valence-corrected chi connectivity index (χ1v) is 6.20. The lowest BCUT2D eigenvalue weighted by Gasteiger charge is -2.15. The summed E-state index contributed by atoms with van der Waals surface area (Å²) in [6.07, 6.45) is 0.865. The Morgan fingerprint density at radius 2 is 2.11 bits per heavy atom. The largest absolute Gasteiger partial charge is 0.478 e. The van der Waals surface area contributed by atoms with Gasteiger partial charge in [0.05, 0.1) is 5.56 Å². The van der Waals surface area contributed by atoms with Crippen LogP contribution in [0, 0.1) is 6.92 Å². The van der Waals surface area contributed by atoms with Crippen LogP contribution in [0.1, 0.15) is 36.3 Å². The van der Waals surface area contributed by atoms with Gasteiger partial charge >= 0.3 is 5.97 Å². The maximum absolute atomic E-state index is 11.7. The van der Waals surface area contributed by atoms with Crippen molar-refractivity contribution in [1.29, 1.82) is 0 Å². The third-order valence-electron chi connectivity index (χ3n) is 2.51. The van der Waals surface area contributed by atoms with Gasteiger partial charge in [-0.3, -0.25) is 4.79 Å². The summed E-state index contributed by atoms with van der Waals surface area (Å²) in [4.78, 5) is 26.8. The van der Waals surface area contributed by atoms with Gasteiger partial charge in [-0.05, 0) is 32.4 Å². The number of hydrogen-bond donors (Lipinski definition) is 3. The molecule has 0 fully saturated rings. The second-order valence-corrected chi connectivity index (χ2v) is 4.34. The molecule has 1 amide bonds. The maximum Gasteiger partial charge on any atom is 0.335 e. The van der Waals surface area contributed by atoms with Gasteiger partial charge in [0.25, 0.3) is 0 Å². The fourth-order valence-electron chi connectivity index (χ4n) is 1.55. The van der Waals surface area contributed by atoms with E-state index in [1.54, 1.807) is 13.8 Å². The lowest BCUT2D eigenvalue weighted by molar-refractivity contribution is -0.121. The first kappa shape index (κ1) is 14.9. The summed E-state index contributed by atoms with van der Waals surface area (Å²) < 4.78 is 0. The number of aromatic carboxylic acids is 1. The van der Waals surface area contributed by atoms with Gasteiger partial charge in [-0.25, -0.2) is 9.78 Å². The van der Waals surface area contributed by atoms with E-state index in [1.807, 2.05) is 6.92 Å². The molecule has 1 rings (SSSR count). The summed E-state index contributed by atoms with van der Waals surface area (Å²) in [7, 11) is 0. The van der Waals surface area contributed by atoms with E-state index in [-0.39, 0.29) is 11.5 Å². The van der Waals surface area contributed by atoms with Crippen molar-refractivity contribution < 1.29 is 14.7 Å². The highest BCUT2D eigenvalue weighted by Gasteiger charge is 2.14. The third-order valence-corrected chi connectivity index (χ3v) is 2.51. The molecule has 1 aromatic rings. The van der Waals surface area contributed by atoms with Gasteiger partial charge in [0.15, 0.2) is 0 Å². The van der Waals surface area contributed by atoms with E-state index < -0.39 is 12.0 Å². The number of aryl methyl sites for hydroxylation is 1. The zero-order valence-electron chi connectivity index (χ0n) is 11.4. The standard InChI is InChI=1S/C13H19N3O3/c1-4-5-14-12(17)9(3)16-11-7-10(13(18)19)6-8(2)15-11/h6-7,9H,4-5H2,1-3H3,(H,14,17)(H,15,16)(H,18,19). The lowest BCUT2D eigenvalue weighted by Crippen LogP contribution is -2.38. The molecule has 6 heteroatoms. The first-order chi connectivity index (χ1) is 8.93. The van der Waals surface area contributed by atoms with Crippen molar-refractivity contribution in [2.24, 2.45) is 0 Å². The number of carboxylic acid groups (broad SMARTS) is 1. The van der Waals surface area contributed by atoms with Gasteiger partial charge in [-0.2, -0.15) is 0 Å². The van der Waals surface area contributed by atoms with Crippen LogP contribution in [-0.2, 0) is 4.79 Å². The molecule has 1 unspecified atom stereocenters. The number of pyridine rings is 1. The molecule has 0 aliphatic rings. The van der Waals surface area contributed by atoms with Crippen LogP contribution in [-0.4, -0.2) is 34.6 Å². The Morgan fingerprint density at radius 1 is 1.42 bits per heavy atom. The highest BCUT2D eigenvalue weighted by molar-refractivity contribution is 5.89. The quantitative estimate of drug-likeness (QED) is 0.723. The maximum atomic E-state index is 11.7. The van der Waals surface area contributed by atoms with Crippen molar-refractivity contribution in [2.45, 2.75) is 33.2 Å². The third kappa shape index (κ3) is 4.57. The van der Waals surface area contributed by atoms with Crippen molar-refractivity contribution in [3.05, 3.63) is 23.4 Å². The molecule has 1 aromatic heterocycles. The molecule has 0 aliphatic heterocycles. The number of carbonyl (C=O) groups is 2. The lowest BCUT2D eigenvalue weighted by atomic mass is 10.2. The van der Waals surface area contributed by atoms with E-state index >= 15 is 0 Å². The Bertz CT molecular complexity index is 474. The van der Waals surface area contributed by atoms with Gasteiger partial charge < -0.3 is 15.7 Å². The predicted octanol–water partition coefficient (Wildman–Crippen LogP) is 1.41. The van der Waals surface area contributed by atoms with Crippen LogP contribution < -0.4 is 10.6 Å². The van der Waals surface area contributed by atoms with E-state index in [2.05, 4.69) is 15.6 Å². The van der Waals surface area contributed by atoms with Crippen LogP contribution in [0.15, 0.2) is 12.1 Å². The highest BCUT2D eigenvalue weighted by atomic mass is 16.4. The van der Waals surface area contributed by atoms with Gasteiger partial charge in [0, 0.05) is 12.2 Å². The van der Waals surface area contributed by atoms with Crippen molar-refractivity contribution in [1.82, 2.24) is 10.3 Å². The van der Waals surface area contributed by atoms with Crippen molar-refractivity contribution in [2.75, 3.05) is 11.9 Å². The van der Waals surface area contributed by atoms with E-state index in [9.17, 15) is 9.59 Å². The van der Waals surface area contributed by atoms with Crippen molar-refractivity contribution >= 4 is 17.7 Å². The zero-order chi connectivity index (χ0) is 14.4. The first-order valence-electron chi connectivity index (χ1n) is 6.20. The summed E-state index contributed by atoms with van der Waals surface area (Å²) in [6, 6.07) is 2.43. The predicted molar refractivity (Wildman–Crippen MR) is 72.3 cm³/mol. The van der Waals surface area contributed by atoms with Gasteiger partial charge in [-0.15, -0.1) is 0 Å². The fraction of sp³-hybridized carbons (Fsp3) is 0.462. The van der Waals surface area contributed by atoms with E-state index in [0.29, 0.717) is 18.1 Å². The summed E-state index contributed by atoms with van der Waals surface area (Å²) in [5, 5.41) is 14.6. The van der Waals surface area contributed by atoms with Crippen LogP contribution in [0.5, 0.6) is 0 Å². The molecule has 3 N–H and O–H groups in total. The Balaban J connectivity index is 2.76. The minimum Gasteiger partial charge on any atom is -0.478 e. The van der Waals surface area contributed by atoms with Crippen LogP contribution in [0.3, 0.4) is 0 Å². The number of nitrogens with zero attached hydrogens (tertiary/aromatic N) is 1. The summed E-state index contributed by atoms with van der Waals surface area (Å²) >= 11 is 0. The second kappa shape index (κ2) is 6.72. The van der Waals surface area contributed by atoms with Crippen LogP contribution in [0.25, 0.3) is 0 Å². The van der Waals surface area contributed by atoms with Crippen LogP contribution >= 0.6 is 0 Å². The molecule has 6 nitrogen and oxygen atoms in total. The molecule has 0 radical (unpaired) electrons. The molecule has 0 bridgehead atoms. The normalized spacial score (nSPS) is 11.7. The summed E-state index contributed by atoms with van der Waals surface area (Å²) in [5.41, 5.74) is 0.736. The van der Waals surface area contributed by atoms with E-state index in [1.165, 1.54) is 12.1 Å². The molecule has 0 aromatic carbocycles. The number of nitrogens with one attached hydrogen (secondary N) is 2. The molecule has 19 heavy (non-hydrogen) atoms. The number of carboxylic acids is 1. The fourth-order valence-corrected chi connectivity index (χ4v) is 1.55. The van der Waals surface area contributed by atoms with Crippen molar-refractivity contribution in [3.8, 4) is 0 Å². The zero-order valence-corrected chi connectivity index (χ0v) is 11.4. The molecule has 1 atom stereocenters. The molecular formula is C13H19N3O3. The topological polar surface area (TPSA) is 91.3 Å². The summed E-state index contributed by atoms with van der Waals surface area (Å²) in [5.74, 6) is -0.768. The molecule has 0 saturated carbocycles. The van der Waals surface area contributed by atoms with E-state index in [0.717, 1.165) is 6.42 Å². The Labute approximate surface area is 112 Å². The average molecular weight is 265 g/mol. The van der Waals surface area contributed by atoms with Crippen LogP contribution in [0.2, 0.25) is 0 Å². The molecule has 0 spiro atoms. The number of anilines is 1. The SMILES string of the molecule is CCCNC(=O)C(C)Nc1cc(C(=O)O)cc(C)n1. The minimum atomic E-state index is -1.02. The molecule has 1 heterocycles. The van der Waals surface area contributed by atoms with Gasteiger partial charge in [0.1, 0.15) is 11.9 Å². The minimum absolute atomic E-state index is 0.137. The average Bonchev–Trinajstić information content (AvgIpc) is 2.34. The van der Waals surface area contributed by atoms with Gasteiger partial charge in [-0.1, -0.05) is 6.92 Å². The number of hydrogen-bond acceptors (Lipinski definition) is 4. The highest BCUT2D eigenvalue weighted by Crippen LogP contribution is 2.11. The van der Waals surface area contributed by atoms with E-state index in [4.69, 9.17) is 5.11 Å². The summed E-state index contributed by atoms with van der Waals surface area (Å²) in [6.45, 7) is 6.00. The molecular weight excluding hydrogens is 246 g/mol. The Kier molecular flexibility index (Phi) is 5.29. The molecule has 0 aliphatic carbocycles. The number of carbonyl (C=O) groups excluding carboxylic acids is 1. The second-order valence-electron chi connectivity index (χ2n) is 4.34. The Hall–Kier alpha value is -2.11. The number of amides is 1. The number of aromatic nitrogens is 1. The molecule has 104 valence electrons. The Morgan fingerprint density at radius 3 is 2.68 bits per heavy atom. The monoisotopic (exact) mass is 265 g/mol. The van der Waals surface area contributed by atoms with Crippen molar-refractivity contribution in [3.63, 3.8) is 0 Å². The van der Waals surface area contributed by atoms with Gasteiger partial charge in [0.2, 0.25) is 5.91 Å². The van der Waals surface area contributed by atoms with Crippen LogP contribution in [0.4, 0.5) is 5.82 Å². The molecule has 0 saturated heterocycles. The smallest absolute Gasteiger partial charge is 0.335 e. The number of rotatable bonds is 6.